The molecule has 0 bridgehead atoms. The van der Waals surface area contributed by atoms with Crippen LogP contribution in [0.15, 0.2) is 66.8 Å². The molecule has 0 spiro atoms. The molecular formula is C22H21N3O2. The Morgan fingerprint density at radius 2 is 1.70 bits per heavy atom. The monoisotopic (exact) mass is 359 g/mol. The quantitative estimate of drug-likeness (QED) is 0.672. The number of para-hydroxylation sites is 2. The van der Waals surface area contributed by atoms with E-state index in [1.54, 1.807) is 41.3 Å². The normalized spacial score (nSPS) is 14.6. The van der Waals surface area contributed by atoms with Gasteiger partial charge in [-0.05, 0) is 23.8 Å². The molecule has 0 aliphatic carbocycles. The van der Waals surface area contributed by atoms with Gasteiger partial charge in [0, 0.05) is 32.3 Å². The minimum Gasteiger partial charge on any atom is -0.506 e. The first-order valence-corrected chi connectivity index (χ1v) is 8.85. The maximum atomic E-state index is 12.3. The molecular weight excluding hydrogens is 338 g/mol. The fourth-order valence-electron chi connectivity index (χ4n) is 3.05. The lowest BCUT2D eigenvalue weighted by atomic mass is 10.1. The molecule has 0 aromatic heterocycles. The van der Waals surface area contributed by atoms with Gasteiger partial charge in [0.15, 0.2) is 0 Å². The Hall–Kier alpha value is -3.52. The first-order chi connectivity index (χ1) is 13.2. The van der Waals surface area contributed by atoms with Crippen LogP contribution in [-0.4, -0.2) is 42.1 Å². The van der Waals surface area contributed by atoms with Gasteiger partial charge in [0.05, 0.1) is 17.3 Å². The average Bonchev–Trinajstić information content (AvgIpc) is 2.72. The number of piperazine rings is 1. The van der Waals surface area contributed by atoms with Gasteiger partial charge >= 0.3 is 0 Å². The van der Waals surface area contributed by atoms with Crippen LogP contribution in [0.5, 0.6) is 5.75 Å². The highest BCUT2D eigenvalue weighted by atomic mass is 16.3. The number of aromatic hydroxyl groups is 1. The third-order valence-corrected chi connectivity index (χ3v) is 4.52. The molecule has 1 aliphatic rings. The second-order valence-electron chi connectivity index (χ2n) is 6.22. The van der Waals surface area contributed by atoms with Crippen LogP contribution < -0.4 is 4.90 Å². The standard InChI is InChI=1S/C22H21N3O2/c23-17-19-9-2-1-7-18(19)8-3-6-12-22(27)25-15-13-24(14-16-25)20-10-4-5-11-21(20)26/h1-12,26H,13-16H2. The van der Waals surface area contributed by atoms with Crippen molar-refractivity contribution in [2.75, 3.05) is 31.1 Å². The summed E-state index contributed by atoms with van der Waals surface area (Å²) in [4.78, 5) is 16.2. The van der Waals surface area contributed by atoms with E-state index >= 15 is 0 Å². The number of benzene rings is 2. The van der Waals surface area contributed by atoms with Crippen LogP contribution in [0.4, 0.5) is 5.69 Å². The fraction of sp³-hybridized carbons (Fsp3) is 0.182. The van der Waals surface area contributed by atoms with Gasteiger partial charge in [-0.15, -0.1) is 0 Å². The Balaban J connectivity index is 1.54. The molecule has 1 saturated heterocycles. The van der Waals surface area contributed by atoms with Gasteiger partial charge in [-0.1, -0.05) is 48.6 Å². The summed E-state index contributed by atoms with van der Waals surface area (Å²) in [7, 11) is 0. The minimum absolute atomic E-state index is 0.0369. The number of phenolic OH excluding ortho intramolecular Hbond substituents is 1. The van der Waals surface area contributed by atoms with Crippen molar-refractivity contribution in [1.82, 2.24) is 4.90 Å². The number of carbonyl (C=O) groups is 1. The first-order valence-electron chi connectivity index (χ1n) is 8.85. The largest absolute Gasteiger partial charge is 0.506 e. The van der Waals surface area contributed by atoms with Crippen LogP contribution in [0.1, 0.15) is 11.1 Å². The van der Waals surface area contributed by atoms with Gasteiger partial charge in [0.25, 0.3) is 0 Å². The maximum Gasteiger partial charge on any atom is 0.246 e. The SMILES string of the molecule is N#Cc1ccccc1C=CC=CC(=O)N1CCN(c2ccccc2O)CC1. The van der Waals surface area contributed by atoms with E-state index in [-0.39, 0.29) is 11.7 Å². The van der Waals surface area contributed by atoms with E-state index in [1.807, 2.05) is 36.4 Å². The number of amides is 1. The van der Waals surface area contributed by atoms with Crippen molar-refractivity contribution in [3.63, 3.8) is 0 Å². The van der Waals surface area contributed by atoms with Crippen LogP contribution in [0.2, 0.25) is 0 Å². The molecule has 0 unspecified atom stereocenters. The predicted octanol–water partition coefficient (Wildman–Crippen LogP) is 3.18. The van der Waals surface area contributed by atoms with Gasteiger partial charge in [0.2, 0.25) is 5.91 Å². The van der Waals surface area contributed by atoms with Crippen molar-refractivity contribution in [2.45, 2.75) is 0 Å². The third-order valence-electron chi connectivity index (χ3n) is 4.52. The minimum atomic E-state index is -0.0369. The highest BCUT2D eigenvalue weighted by Crippen LogP contribution is 2.27. The Morgan fingerprint density at radius 1 is 1.00 bits per heavy atom. The highest BCUT2D eigenvalue weighted by molar-refractivity contribution is 5.88. The summed E-state index contributed by atoms with van der Waals surface area (Å²) in [6.45, 7) is 2.59. The summed E-state index contributed by atoms with van der Waals surface area (Å²) in [6, 6.07) is 16.7. The molecule has 1 N–H and O–H groups in total. The fourth-order valence-corrected chi connectivity index (χ4v) is 3.05. The number of hydrogen-bond acceptors (Lipinski definition) is 4. The molecule has 5 heteroatoms. The van der Waals surface area contributed by atoms with Gasteiger partial charge < -0.3 is 14.9 Å². The number of nitrogens with zero attached hydrogens (tertiary/aromatic N) is 3. The highest BCUT2D eigenvalue weighted by Gasteiger charge is 2.21. The van der Waals surface area contributed by atoms with E-state index in [1.165, 1.54) is 0 Å². The number of nitriles is 1. The molecule has 1 heterocycles. The van der Waals surface area contributed by atoms with Crippen LogP contribution in [0.3, 0.4) is 0 Å². The van der Waals surface area contributed by atoms with Gasteiger partial charge in [-0.2, -0.15) is 5.26 Å². The van der Waals surface area contributed by atoms with E-state index in [2.05, 4.69) is 11.0 Å². The molecule has 27 heavy (non-hydrogen) atoms. The number of hydrogen-bond donors (Lipinski definition) is 1. The Kier molecular flexibility index (Phi) is 5.91. The summed E-state index contributed by atoms with van der Waals surface area (Å²) < 4.78 is 0. The lowest BCUT2D eigenvalue weighted by Crippen LogP contribution is -2.48. The van der Waals surface area contributed by atoms with Crippen LogP contribution in [0, 0.1) is 11.3 Å². The summed E-state index contributed by atoms with van der Waals surface area (Å²) in [5.74, 6) is 0.227. The number of phenols is 1. The molecule has 1 fully saturated rings. The van der Waals surface area contributed by atoms with Crippen molar-refractivity contribution in [3.05, 3.63) is 77.9 Å². The Labute approximate surface area is 159 Å². The van der Waals surface area contributed by atoms with Crippen molar-refractivity contribution in [3.8, 4) is 11.8 Å². The molecule has 2 aromatic carbocycles. The molecule has 0 radical (unpaired) electrons. The Morgan fingerprint density at radius 3 is 2.44 bits per heavy atom. The molecule has 0 saturated carbocycles. The molecule has 1 amide bonds. The van der Waals surface area contributed by atoms with Gasteiger partial charge in [0.1, 0.15) is 5.75 Å². The zero-order valence-electron chi connectivity index (χ0n) is 15.0. The number of allylic oxidation sites excluding steroid dienone is 2. The van der Waals surface area contributed by atoms with Crippen LogP contribution in [-0.2, 0) is 4.79 Å². The smallest absolute Gasteiger partial charge is 0.246 e. The summed E-state index contributed by atoms with van der Waals surface area (Å²) in [6.07, 6.45) is 6.83. The molecule has 5 nitrogen and oxygen atoms in total. The molecule has 0 atom stereocenters. The maximum absolute atomic E-state index is 12.3. The zero-order valence-corrected chi connectivity index (χ0v) is 15.0. The predicted molar refractivity (Wildman–Crippen MR) is 106 cm³/mol. The van der Waals surface area contributed by atoms with E-state index in [0.717, 1.165) is 11.3 Å². The topological polar surface area (TPSA) is 67.6 Å². The van der Waals surface area contributed by atoms with E-state index in [0.29, 0.717) is 31.7 Å². The first kappa shape index (κ1) is 18.3. The van der Waals surface area contributed by atoms with Crippen molar-refractivity contribution in [2.24, 2.45) is 0 Å². The lowest BCUT2D eigenvalue weighted by molar-refractivity contribution is -0.126. The second kappa shape index (κ2) is 8.72. The summed E-state index contributed by atoms with van der Waals surface area (Å²) in [5, 5.41) is 19.0. The number of carbonyl (C=O) groups excluding carboxylic acids is 1. The van der Waals surface area contributed by atoms with Gasteiger partial charge in [-0.3, -0.25) is 4.79 Å². The van der Waals surface area contributed by atoms with Crippen molar-refractivity contribution < 1.29 is 9.90 Å². The van der Waals surface area contributed by atoms with Gasteiger partial charge in [-0.25, -0.2) is 0 Å². The van der Waals surface area contributed by atoms with E-state index in [9.17, 15) is 9.90 Å². The zero-order chi connectivity index (χ0) is 19.1. The third kappa shape index (κ3) is 4.56. The molecule has 136 valence electrons. The molecule has 3 rings (SSSR count). The number of rotatable bonds is 4. The van der Waals surface area contributed by atoms with E-state index < -0.39 is 0 Å². The average molecular weight is 359 g/mol. The van der Waals surface area contributed by atoms with Crippen molar-refractivity contribution >= 4 is 17.7 Å². The second-order valence-corrected chi connectivity index (χ2v) is 6.22. The van der Waals surface area contributed by atoms with Crippen LogP contribution in [0.25, 0.3) is 6.08 Å². The lowest BCUT2D eigenvalue weighted by Gasteiger charge is -2.35. The summed E-state index contributed by atoms with van der Waals surface area (Å²) in [5.41, 5.74) is 2.24. The molecule has 2 aromatic rings. The molecule has 1 aliphatic heterocycles. The van der Waals surface area contributed by atoms with E-state index in [4.69, 9.17) is 5.26 Å². The Bertz CT molecular complexity index is 904. The summed E-state index contributed by atoms with van der Waals surface area (Å²) >= 11 is 0. The van der Waals surface area contributed by atoms with Crippen LogP contribution >= 0.6 is 0 Å². The van der Waals surface area contributed by atoms with Crippen molar-refractivity contribution in [1.29, 1.82) is 5.26 Å². The number of anilines is 1.